The van der Waals surface area contributed by atoms with Gasteiger partial charge in [0.1, 0.15) is 0 Å². The number of rotatable bonds is 6. The molecule has 0 aliphatic carbocycles. The molecular formula is C10H20O2. The summed E-state index contributed by atoms with van der Waals surface area (Å²) >= 11 is 0. The molecule has 0 saturated heterocycles. The Kier molecular flexibility index (Phi) is 6.03. The van der Waals surface area contributed by atoms with Crippen molar-refractivity contribution in [3.8, 4) is 0 Å². The summed E-state index contributed by atoms with van der Waals surface area (Å²) in [6.45, 7) is 7.77. The standard InChI is InChI=1S/C10H20O2/c1-5-10(12-4)9(11)7-6-8(2)3/h9-11H,2,5-7H2,1,3-4H3. The van der Waals surface area contributed by atoms with Crippen molar-refractivity contribution in [2.75, 3.05) is 7.11 Å². The van der Waals surface area contributed by atoms with E-state index >= 15 is 0 Å². The Morgan fingerprint density at radius 3 is 2.50 bits per heavy atom. The molecule has 0 aliphatic heterocycles. The van der Waals surface area contributed by atoms with Crippen LogP contribution in [0, 0.1) is 0 Å². The Morgan fingerprint density at radius 1 is 1.58 bits per heavy atom. The van der Waals surface area contributed by atoms with Crippen molar-refractivity contribution < 1.29 is 9.84 Å². The van der Waals surface area contributed by atoms with Crippen LogP contribution in [-0.2, 0) is 4.74 Å². The highest BCUT2D eigenvalue weighted by atomic mass is 16.5. The third kappa shape index (κ3) is 4.52. The summed E-state index contributed by atoms with van der Waals surface area (Å²) in [6, 6.07) is 0. The van der Waals surface area contributed by atoms with Gasteiger partial charge in [-0.05, 0) is 26.2 Å². The normalized spacial score (nSPS) is 15.7. The third-order valence-electron chi connectivity index (χ3n) is 2.00. The molecule has 0 bridgehead atoms. The van der Waals surface area contributed by atoms with Crippen molar-refractivity contribution in [2.45, 2.75) is 45.3 Å². The first-order valence-corrected chi connectivity index (χ1v) is 4.47. The van der Waals surface area contributed by atoms with E-state index in [0.29, 0.717) is 0 Å². The lowest BCUT2D eigenvalue weighted by Gasteiger charge is -2.19. The van der Waals surface area contributed by atoms with E-state index in [1.54, 1.807) is 7.11 Å². The average molecular weight is 172 g/mol. The van der Waals surface area contributed by atoms with E-state index in [1.807, 2.05) is 13.8 Å². The zero-order valence-corrected chi connectivity index (χ0v) is 8.34. The molecule has 2 atom stereocenters. The van der Waals surface area contributed by atoms with Gasteiger partial charge in [-0.25, -0.2) is 0 Å². The highest BCUT2D eigenvalue weighted by Gasteiger charge is 2.15. The van der Waals surface area contributed by atoms with Gasteiger partial charge in [-0.1, -0.05) is 12.5 Å². The SMILES string of the molecule is C=C(C)CCC(O)C(CC)OC. The van der Waals surface area contributed by atoms with Crippen molar-refractivity contribution in [3.63, 3.8) is 0 Å². The van der Waals surface area contributed by atoms with Gasteiger partial charge in [-0.15, -0.1) is 6.58 Å². The van der Waals surface area contributed by atoms with Gasteiger partial charge in [0, 0.05) is 7.11 Å². The van der Waals surface area contributed by atoms with Crippen LogP contribution in [0.15, 0.2) is 12.2 Å². The van der Waals surface area contributed by atoms with E-state index in [4.69, 9.17) is 4.74 Å². The molecular weight excluding hydrogens is 152 g/mol. The molecule has 0 aliphatic rings. The Hall–Kier alpha value is -0.340. The Bertz CT molecular complexity index is 128. The van der Waals surface area contributed by atoms with Crippen LogP contribution in [0.25, 0.3) is 0 Å². The van der Waals surface area contributed by atoms with Gasteiger partial charge in [0.05, 0.1) is 12.2 Å². The summed E-state index contributed by atoms with van der Waals surface area (Å²) < 4.78 is 5.11. The van der Waals surface area contributed by atoms with Crippen LogP contribution in [0.4, 0.5) is 0 Å². The molecule has 12 heavy (non-hydrogen) atoms. The van der Waals surface area contributed by atoms with Gasteiger partial charge < -0.3 is 9.84 Å². The molecule has 2 unspecified atom stereocenters. The topological polar surface area (TPSA) is 29.5 Å². The van der Waals surface area contributed by atoms with Crippen molar-refractivity contribution in [3.05, 3.63) is 12.2 Å². The number of aliphatic hydroxyl groups is 1. The van der Waals surface area contributed by atoms with E-state index in [2.05, 4.69) is 6.58 Å². The predicted octanol–water partition coefficient (Wildman–Crippen LogP) is 2.13. The number of ether oxygens (including phenoxy) is 1. The molecule has 72 valence electrons. The number of hydrogen-bond donors (Lipinski definition) is 1. The first kappa shape index (κ1) is 11.7. The molecule has 0 spiro atoms. The van der Waals surface area contributed by atoms with Crippen LogP contribution in [0.1, 0.15) is 33.1 Å². The van der Waals surface area contributed by atoms with Crippen LogP contribution < -0.4 is 0 Å². The maximum absolute atomic E-state index is 9.59. The van der Waals surface area contributed by atoms with E-state index in [9.17, 15) is 5.11 Å². The zero-order chi connectivity index (χ0) is 9.56. The summed E-state index contributed by atoms with van der Waals surface area (Å²) in [5.41, 5.74) is 1.11. The minimum absolute atomic E-state index is 0.0238. The van der Waals surface area contributed by atoms with Gasteiger partial charge in [0.25, 0.3) is 0 Å². The average Bonchev–Trinajstić information content (AvgIpc) is 2.03. The number of methoxy groups -OCH3 is 1. The van der Waals surface area contributed by atoms with E-state index < -0.39 is 0 Å². The summed E-state index contributed by atoms with van der Waals surface area (Å²) in [5, 5.41) is 9.59. The van der Waals surface area contributed by atoms with Gasteiger partial charge in [-0.2, -0.15) is 0 Å². The van der Waals surface area contributed by atoms with Crippen molar-refractivity contribution in [1.29, 1.82) is 0 Å². The van der Waals surface area contributed by atoms with Crippen LogP contribution in [-0.4, -0.2) is 24.4 Å². The fraction of sp³-hybridized carbons (Fsp3) is 0.800. The molecule has 0 rings (SSSR count). The molecule has 0 radical (unpaired) electrons. The Morgan fingerprint density at radius 2 is 2.17 bits per heavy atom. The second-order valence-corrected chi connectivity index (χ2v) is 3.25. The molecule has 0 aromatic rings. The highest BCUT2D eigenvalue weighted by molar-refractivity contribution is 4.89. The van der Waals surface area contributed by atoms with Crippen LogP contribution in [0.5, 0.6) is 0 Å². The summed E-state index contributed by atoms with van der Waals surface area (Å²) in [5.74, 6) is 0. The minimum Gasteiger partial charge on any atom is -0.390 e. The first-order valence-electron chi connectivity index (χ1n) is 4.47. The lowest BCUT2D eigenvalue weighted by atomic mass is 10.0. The predicted molar refractivity (Wildman–Crippen MR) is 51.1 cm³/mol. The smallest absolute Gasteiger partial charge is 0.0827 e. The molecule has 0 aromatic heterocycles. The number of allylic oxidation sites excluding steroid dienone is 1. The van der Waals surface area contributed by atoms with Gasteiger partial charge in [0.15, 0.2) is 0 Å². The Labute approximate surface area is 75.2 Å². The second-order valence-electron chi connectivity index (χ2n) is 3.25. The van der Waals surface area contributed by atoms with Gasteiger partial charge >= 0.3 is 0 Å². The molecule has 2 heteroatoms. The van der Waals surface area contributed by atoms with Crippen molar-refractivity contribution in [2.24, 2.45) is 0 Å². The second kappa shape index (κ2) is 6.21. The highest BCUT2D eigenvalue weighted by Crippen LogP contribution is 2.11. The van der Waals surface area contributed by atoms with Crippen LogP contribution in [0.3, 0.4) is 0 Å². The molecule has 0 saturated carbocycles. The molecule has 2 nitrogen and oxygen atoms in total. The zero-order valence-electron chi connectivity index (χ0n) is 8.34. The lowest BCUT2D eigenvalue weighted by molar-refractivity contribution is -0.0169. The maximum Gasteiger partial charge on any atom is 0.0827 e. The molecule has 0 fully saturated rings. The van der Waals surface area contributed by atoms with Crippen molar-refractivity contribution in [1.82, 2.24) is 0 Å². The largest absolute Gasteiger partial charge is 0.390 e. The fourth-order valence-electron chi connectivity index (χ4n) is 1.18. The molecule has 0 heterocycles. The van der Waals surface area contributed by atoms with Crippen LogP contribution >= 0.6 is 0 Å². The summed E-state index contributed by atoms with van der Waals surface area (Å²) in [6.07, 6.45) is 2.11. The van der Waals surface area contributed by atoms with E-state index in [-0.39, 0.29) is 12.2 Å². The van der Waals surface area contributed by atoms with Gasteiger partial charge in [0.2, 0.25) is 0 Å². The minimum atomic E-state index is -0.350. The van der Waals surface area contributed by atoms with Gasteiger partial charge in [-0.3, -0.25) is 0 Å². The lowest BCUT2D eigenvalue weighted by Crippen LogP contribution is -2.27. The van der Waals surface area contributed by atoms with E-state index in [0.717, 1.165) is 24.8 Å². The quantitative estimate of drug-likeness (QED) is 0.622. The molecule has 0 amide bonds. The molecule has 1 N–H and O–H groups in total. The summed E-state index contributed by atoms with van der Waals surface area (Å²) in [7, 11) is 1.64. The van der Waals surface area contributed by atoms with E-state index in [1.165, 1.54) is 0 Å². The van der Waals surface area contributed by atoms with Crippen molar-refractivity contribution >= 4 is 0 Å². The first-order chi connectivity index (χ1) is 5.61. The Balaban J connectivity index is 3.68. The molecule has 0 aromatic carbocycles. The third-order valence-corrected chi connectivity index (χ3v) is 2.00. The maximum atomic E-state index is 9.59. The fourth-order valence-corrected chi connectivity index (χ4v) is 1.18. The summed E-state index contributed by atoms with van der Waals surface area (Å²) in [4.78, 5) is 0. The number of aliphatic hydroxyl groups excluding tert-OH is 1. The number of hydrogen-bond acceptors (Lipinski definition) is 2. The van der Waals surface area contributed by atoms with Crippen LogP contribution in [0.2, 0.25) is 0 Å². The monoisotopic (exact) mass is 172 g/mol.